The van der Waals surface area contributed by atoms with E-state index in [1.54, 1.807) is 4.90 Å². The van der Waals surface area contributed by atoms with Gasteiger partial charge in [-0.2, -0.15) is 0 Å². The van der Waals surface area contributed by atoms with Gasteiger partial charge in [-0.15, -0.1) is 0 Å². The molecular weight excluding hydrogens is 233 g/mol. The summed E-state index contributed by atoms with van der Waals surface area (Å²) in [5.74, 6) is -0.00159. The molecule has 2 aliphatic rings. The van der Waals surface area contributed by atoms with E-state index < -0.39 is 12.7 Å². The first-order chi connectivity index (χ1) is 8.23. The lowest BCUT2D eigenvalue weighted by molar-refractivity contribution is 0.0172. The number of rotatable bonds is 1. The van der Waals surface area contributed by atoms with Crippen molar-refractivity contribution in [1.82, 2.24) is 4.90 Å². The molecule has 1 aliphatic carbocycles. The van der Waals surface area contributed by atoms with Crippen molar-refractivity contribution in [3.05, 3.63) is 0 Å². The Bertz CT molecular complexity index is 331. The van der Waals surface area contributed by atoms with Crippen LogP contribution < -0.4 is 0 Å². The van der Waals surface area contributed by atoms with Crippen LogP contribution in [0.4, 0.5) is 4.79 Å². The first-order valence-corrected chi connectivity index (χ1v) is 6.58. The minimum Gasteiger partial charge on any atom is -0.444 e. The number of carbonyl (C=O) groups is 1. The predicted molar refractivity (Wildman–Crippen MR) is 68.0 cm³/mol. The number of hydrogen-bond donors (Lipinski definition) is 2. The van der Waals surface area contributed by atoms with Gasteiger partial charge in [0.2, 0.25) is 0 Å². The van der Waals surface area contributed by atoms with Gasteiger partial charge >= 0.3 is 13.2 Å². The van der Waals surface area contributed by atoms with Crippen LogP contribution in [0.15, 0.2) is 0 Å². The lowest BCUT2D eigenvalue weighted by Crippen LogP contribution is -2.42. The third-order valence-electron chi connectivity index (χ3n) is 4.02. The molecule has 0 radical (unpaired) electrons. The summed E-state index contributed by atoms with van der Waals surface area (Å²) >= 11 is 0. The second-order valence-electron chi connectivity index (χ2n) is 6.55. The first-order valence-electron chi connectivity index (χ1n) is 6.58. The van der Waals surface area contributed by atoms with Gasteiger partial charge in [-0.3, -0.25) is 0 Å². The third kappa shape index (κ3) is 2.80. The number of piperidine rings is 1. The van der Waals surface area contributed by atoms with Gasteiger partial charge < -0.3 is 19.7 Å². The molecule has 1 heterocycles. The topological polar surface area (TPSA) is 70.0 Å². The largest absolute Gasteiger partial charge is 0.455 e. The molecule has 1 spiro atoms. The Morgan fingerprint density at radius 3 is 2.28 bits per heavy atom. The maximum absolute atomic E-state index is 11.9. The highest BCUT2D eigenvalue weighted by Crippen LogP contribution is 2.64. The Morgan fingerprint density at radius 2 is 1.89 bits per heavy atom. The van der Waals surface area contributed by atoms with E-state index in [0.717, 1.165) is 19.3 Å². The molecule has 18 heavy (non-hydrogen) atoms. The summed E-state index contributed by atoms with van der Waals surface area (Å²) in [6.07, 6.45) is 2.29. The maximum Gasteiger partial charge on any atom is 0.455 e. The number of amides is 1. The van der Waals surface area contributed by atoms with E-state index in [1.165, 1.54) is 0 Å². The quantitative estimate of drug-likeness (QED) is 0.692. The number of carbonyl (C=O) groups excluding carboxylic acids is 1. The summed E-state index contributed by atoms with van der Waals surface area (Å²) in [7, 11) is -1.21. The summed E-state index contributed by atoms with van der Waals surface area (Å²) in [5, 5.41) is 18.4. The highest BCUT2D eigenvalue weighted by Gasteiger charge is 2.59. The van der Waals surface area contributed by atoms with Crippen molar-refractivity contribution in [2.45, 2.75) is 51.5 Å². The average Bonchev–Trinajstić information content (AvgIpc) is 2.91. The normalized spacial score (nSPS) is 26.1. The van der Waals surface area contributed by atoms with Crippen LogP contribution in [0, 0.1) is 5.41 Å². The molecule has 5 nitrogen and oxygen atoms in total. The smallest absolute Gasteiger partial charge is 0.444 e. The summed E-state index contributed by atoms with van der Waals surface area (Å²) in [5.41, 5.74) is -0.400. The molecule has 1 amide bonds. The Morgan fingerprint density at radius 1 is 1.33 bits per heavy atom. The fraction of sp³-hybridized carbons (Fsp3) is 0.917. The van der Waals surface area contributed by atoms with E-state index in [1.807, 2.05) is 20.8 Å². The zero-order valence-electron chi connectivity index (χ0n) is 11.3. The van der Waals surface area contributed by atoms with Gasteiger partial charge in [-0.25, -0.2) is 4.79 Å². The zero-order valence-corrected chi connectivity index (χ0v) is 11.3. The van der Waals surface area contributed by atoms with Crippen LogP contribution in [0.3, 0.4) is 0 Å². The van der Waals surface area contributed by atoms with Crippen LogP contribution in [0.25, 0.3) is 0 Å². The highest BCUT2D eigenvalue weighted by molar-refractivity contribution is 6.44. The maximum atomic E-state index is 11.9. The second-order valence-corrected chi connectivity index (χ2v) is 6.55. The fourth-order valence-corrected chi connectivity index (χ4v) is 2.84. The Labute approximate surface area is 108 Å². The predicted octanol–water partition coefficient (Wildman–Crippen LogP) is 1.25. The molecule has 1 atom stereocenters. The molecule has 2 fully saturated rings. The molecule has 1 saturated heterocycles. The molecule has 2 N–H and O–H groups in total. The van der Waals surface area contributed by atoms with Crippen LogP contribution in [0.2, 0.25) is 5.82 Å². The molecule has 1 unspecified atom stereocenters. The highest BCUT2D eigenvalue weighted by atomic mass is 16.6. The zero-order chi connectivity index (χ0) is 13.6. The summed E-state index contributed by atoms with van der Waals surface area (Å²) < 4.78 is 5.33. The van der Waals surface area contributed by atoms with Crippen molar-refractivity contribution < 1.29 is 19.6 Å². The molecule has 102 valence electrons. The number of nitrogens with zero attached hydrogens (tertiary/aromatic N) is 1. The van der Waals surface area contributed by atoms with Crippen molar-refractivity contribution in [3.8, 4) is 0 Å². The molecule has 6 heteroatoms. The van der Waals surface area contributed by atoms with Crippen LogP contribution in [-0.4, -0.2) is 46.9 Å². The van der Waals surface area contributed by atoms with E-state index in [-0.39, 0.29) is 17.3 Å². The summed E-state index contributed by atoms with van der Waals surface area (Å²) in [6, 6.07) is 0. The van der Waals surface area contributed by atoms with Gasteiger partial charge in [0, 0.05) is 13.1 Å². The van der Waals surface area contributed by atoms with Crippen molar-refractivity contribution >= 4 is 13.2 Å². The van der Waals surface area contributed by atoms with Crippen LogP contribution in [-0.2, 0) is 4.74 Å². The van der Waals surface area contributed by atoms with Gasteiger partial charge in [0.05, 0.1) is 0 Å². The van der Waals surface area contributed by atoms with Gasteiger partial charge in [0.1, 0.15) is 5.60 Å². The summed E-state index contributed by atoms with van der Waals surface area (Å²) in [6.45, 7) is 6.87. The Hall–Kier alpha value is -0.745. The van der Waals surface area contributed by atoms with Gasteiger partial charge in [-0.05, 0) is 51.3 Å². The van der Waals surface area contributed by atoms with Crippen molar-refractivity contribution in [2.24, 2.45) is 5.41 Å². The second kappa shape index (κ2) is 4.42. The molecule has 1 aliphatic heterocycles. The van der Waals surface area contributed by atoms with Crippen LogP contribution in [0.5, 0.6) is 0 Å². The monoisotopic (exact) mass is 255 g/mol. The Kier molecular flexibility index (Phi) is 3.36. The molecule has 0 aromatic carbocycles. The van der Waals surface area contributed by atoms with Crippen molar-refractivity contribution in [2.75, 3.05) is 13.1 Å². The molecule has 1 saturated carbocycles. The van der Waals surface area contributed by atoms with Crippen LogP contribution >= 0.6 is 0 Å². The molecule has 0 aromatic rings. The van der Waals surface area contributed by atoms with E-state index in [2.05, 4.69) is 0 Å². The minimum absolute atomic E-state index is 0.00159. The van der Waals surface area contributed by atoms with Gasteiger partial charge in [0.25, 0.3) is 0 Å². The number of likely N-dealkylation sites (tertiary alicyclic amines) is 1. The van der Waals surface area contributed by atoms with Crippen molar-refractivity contribution in [1.29, 1.82) is 0 Å². The van der Waals surface area contributed by atoms with E-state index in [9.17, 15) is 14.8 Å². The van der Waals surface area contributed by atoms with E-state index >= 15 is 0 Å². The number of ether oxygens (including phenoxy) is 1. The van der Waals surface area contributed by atoms with E-state index in [4.69, 9.17) is 4.74 Å². The molecular formula is C12H22BNO4. The fourth-order valence-electron chi connectivity index (χ4n) is 2.84. The minimum atomic E-state index is -1.21. The van der Waals surface area contributed by atoms with Gasteiger partial charge in [0.15, 0.2) is 0 Å². The average molecular weight is 255 g/mol. The van der Waals surface area contributed by atoms with Crippen molar-refractivity contribution in [3.63, 3.8) is 0 Å². The molecule has 0 bridgehead atoms. The third-order valence-corrected chi connectivity index (χ3v) is 4.02. The molecule has 2 rings (SSSR count). The SMILES string of the molecule is CC(C)(C)OC(=O)N1CCC2(CC1)CC2B(O)O. The lowest BCUT2D eigenvalue weighted by Gasteiger charge is -2.34. The standard InChI is InChI=1S/C12H22BNO4/c1-11(2,3)18-10(15)14-6-4-12(5-7-14)8-9(12)13(16)17/h9,16-17H,4-8H2,1-3H3. The number of hydrogen-bond acceptors (Lipinski definition) is 4. The van der Waals surface area contributed by atoms with Crippen LogP contribution in [0.1, 0.15) is 40.0 Å². The van der Waals surface area contributed by atoms with Gasteiger partial charge in [-0.1, -0.05) is 0 Å². The van der Waals surface area contributed by atoms with E-state index in [0.29, 0.717) is 13.1 Å². The lowest BCUT2D eigenvalue weighted by atomic mass is 9.75. The first kappa shape index (κ1) is 13.7. The summed E-state index contributed by atoms with van der Waals surface area (Å²) in [4.78, 5) is 13.6. The Balaban J connectivity index is 1.83. The molecule has 0 aromatic heterocycles.